The van der Waals surface area contributed by atoms with Crippen molar-refractivity contribution in [2.24, 2.45) is 5.41 Å². The van der Waals surface area contributed by atoms with Gasteiger partial charge in [0.1, 0.15) is 0 Å². The molecular weight excluding hydrogens is 216 g/mol. The smallest absolute Gasteiger partial charge is 0.258 e. The molecule has 1 aliphatic rings. The first kappa shape index (κ1) is 11.6. The van der Waals surface area contributed by atoms with Gasteiger partial charge in [0.05, 0.1) is 16.4 Å². The van der Waals surface area contributed by atoms with E-state index in [4.69, 9.17) is 5.26 Å². The minimum absolute atomic E-state index is 0.118. The lowest BCUT2D eigenvalue weighted by atomic mass is 9.67. The van der Waals surface area contributed by atoms with Gasteiger partial charge in [-0.05, 0) is 31.2 Å². The second kappa shape index (κ2) is 4.54. The molecule has 1 aromatic carbocycles. The average Bonchev–Trinajstić information content (AvgIpc) is 2.29. The monoisotopic (exact) mass is 230 g/mol. The Hall–Kier alpha value is -1.89. The van der Waals surface area contributed by atoms with E-state index in [0.29, 0.717) is 0 Å². The fraction of sp³-hybridized carbons (Fsp3) is 0.462. The molecule has 1 aromatic rings. The normalized spacial score (nSPS) is 16.9. The molecule has 4 nitrogen and oxygen atoms in total. The van der Waals surface area contributed by atoms with Gasteiger partial charge in [0.2, 0.25) is 0 Å². The van der Waals surface area contributed by atoms with Gasteiger partial charge >= 0.3 is 0 Å². The molecular formula is C13H14N2O2. The molecule has 2 rings (SSSR count). The van der Waals surface area contributed by atoms with Crippen molar-refractivity contribution in [3.63, 3.8) is 0 Å². The van der Waals surface area contributed by atoms with Gasteiger partial charge in [-0.15, -0.1) is 0 Å². The van der Waals surface area contributed by atoms with Crippen molar-refractivity contribution >= 4 is 5.69 Å². The molecule has 0 aromatic heterocycles. The van der Waals surface area contributed by atoms with Crippen molar-refractivity contribution < 1.29 is 4.92 Å². The summed E-state index contributed by atoms with van der Waals surface area (Å²) in [6, 6.07) is 9.01. The standard InChI is InChI=1S/C13H14N2O2/c14-10-13(7-1-8-13)9-6-11-2-4-12(5-3-11)15(16)17/h2-5H,1,6-9H2. The predicted octanol–water partition coefficient (Wildman–Crippen LogP) is 3.22. The van der Waals surface area contributed by atoms with E-state index in [0.717, 1.165) is 37.7 Å². The van der Waals surface area contributed by atoms with Gasteiger partial charge in [-0.25, -0.2) is 0 Å². The summed E-state index contributed by atoms with van der Waals surface area (Å²) >= 11 is 0. The van der Waals surface area contributed by atoms with E-state index in [-0.39, 0.29) is 11.1 Å². The van der Waals surface area contributed by atoms with Crippen LogP contribution in [0.1, 0.15) is 31.2 Å². The lowest BCUT2D eigenvalue weighted by Crippen LogP contribution is -2.27. The highest BCUT2D eigenvalue weighted by Gasteiger charge is 2.36. The molecule has 1 fully saturated rings. The fourth-order valence-electron chi connectivity index (χ4n) is 2.19. The molecule has 17 heavy (non-hydrogen) atoms. The molecule has 0 spiro atoms. The van der Waals surface area contributed by atoms with Gasteiger partial charge < -0.3 is 0 Å². The highest BCUT2D eigenvalue weighted by molar-refractivity contribution is 5.33. The van der Waals surface area contributed by atoms with Crippen LogP contribution in [0.15, 0.2) is 24.3 Å². The summed E-state index contributed by atoms with van der Waals surface area (Å²) in [4.78, 5) is 10.1. The maximum Gasteiger partial charge on any atom is 0.269 e. The van der Waals surface area contributed by atoms with Crippen LogP contribution in [0.5, 0.6) is 0 Å². The summed E-state index contributed by atoms with van der Waals surface area (Å²) in [7, 11) is 0. The maximum atomic E-state index is 10.5. The number of nitrogens with zero attached hydrogens (tertiary/aromatic N) is 2. The Morgan fingerprint density at radius 1 is 1.35 bits per heavy atom. The zero-order valence-electron chi connectivity index (χ0n) is 9.56. The van der Waals surface area contributed by atoms with E-state index in [1.54, 1.807) is 12.1 Å². The minimum Gasteiger partial charge on any atom is -0.258 e. The Balaban J connectivity index is 1.96. The van der Waals surface area contributed by atoms with Crippen molar-refractivity contribution in [2.75, 3.05) is 0 Å². The van der Waals surface area contributed by atoms with Crippen LogP contribution in [0.2, 0.25) is 0 Å². The number of benzene rings is 1. The second-order valence-electron chi connectivity index (χ2n) is 4.67. The van der Waals surface area contributed by atoms with Gasteiger partial charge in [-0.2, -0.15) is 5.26 Å². The lowest BCUT2D eigenvalue weighted by molar-refractivity contribution is -0.384. The number of nitro benzene ring substituents is 1. The van der Waals surface area contributed by atoms with Crippen molar-refractivity contribution in [1.82, 2.24) is 0 Å². The largest absolute Gasteiger partial charge is 0.269 e. The lowest BCUT2D eigenvalue weighted by Gasteiger charge is -2.35. The first-order valence-electron chi connectivity index (χ1n) is 5.80. The molecule has 0 bridgehead atoms. The number of nitriles is 1. The molecule has 0 heterocycles. The summed E-state index contributed by atoms with van der Waals surface area (Å²) in [6.07, 6.45) is 4.83. The highest BCUT2D eigenvalue weighted by atomic mass is 16.6. The summed E-state index contributed by atoms with van der Waals surface area (Å²) < 4.78 is 0. The molecule has 0 saturated heterocycles. The quantitative estimate of drug-likeness (QED) is 0.589. The first-order valence-corrected chi connectivity index (χ1v) is 5.80. The van der Waals surface area contributed by atoms with Crippen molar-refractivity contribution in [1.29, 1.82) is 5.26 Å². The zero-order valence-corrected chi connectivity index (χ0v) is 9.56. The Kier molecular flexibility index (Phi) is 3.10. The average molecular weight is 230 g/mol. The van der Waals surface area contributed by atoms with Crippen molar-refractivity contribution in [2.45, 2.75) is 32.1 Å². The molecule has 0 radical (unpaired) electrons. The molecule has 1 saturated carbocycles. The van der Waals surface area contributed by atoms with Gasteiger partial charge in [0, 0.05) is 12.1 Å². The van der Waals surface area contributed by atoms with Gasteiger partial charge in [0.15, 0.2) is 0 Å². The number of aryl methyl sites for hydroxylation is 1. The number of non-ortho nitro benzene ring substituents is 1. The van der Waals surface area contributed by atoms with Crippen molar-refractivity contribution in [3.8, 4) is 6.07 Å². The predicted molar refractivity (Wildman–Crippen MR) is 63.3 cm³/mol. The number of rotatable bonds is 4. The third-order valence-corrected chi connectivity index (χ3v) is 3.59. The van der Waals surface area contributed by atoms with E-state index in [1.165, 1.54) is 12.1 Å². The molecule has 4 heteroatoms. The SMILES string of the molecule is N#CC1(CCc2ccc([N+](=O)[O-])cc2)CCC1. The van der Waals surface area contributed by atoms with Gasteiger partial charge in [0.25, 0.3) is 5.69 Å². The van der Waals surface area contributed by atoms with Crippen LogP contribution in [0, 0.1) is 26.9 Å². The van der Waals surface area contributed by atoms with Crippen LogP contribution in [-0.4, -0.2) is 4.92 Å². The molecule has 0 unspecified atom stereocenters. The second-order valence-corrected chi connectivity index (χ2v) is 4.67. The van der Waals surface area contributed by atoms with E-state index >= 15 is 0 Å². The van der Waals surface area contributed by atoms with Crippen molar-refractivity contribution in [3.05, 3.63) is 39.9 Å². The summed E-state index contributed by atoms with van der Waals surface area (Å²) in [6.45, 7) is 0. The van der Waals surface area contributed by atoms with E-state index in [9.17, 15) is 10.1 Å². The number of hydrogen-bond acceptors (Lipinski definition) is 3. The summed E-state index contributed by atoms with van der Waals surface area (Å²) in [5.41, 5.74) is 1.06. The molecule has 0 aliphatic heterocycles. The highest BCUT2D eigenvalue weighted by Crippen LogP contribution is 2.43. The molecule has 0 atom stereocenters. The number of nitro groups is 1. The van der Waals surface area contributed by atoms with E-state index < -0.39 is 4.92 Å². The molecule has 88 valence electrons. The Bertz CT molecular complexity index is 455. The maximum absolute atomic E-state index is 10.5. The zero-order chi connectivity index (χ0) is 12.3. The van der Waals surface area contributed by atoms with E-state index in [2.05, 4.69) is 6.07 Å². The number of hydrogen-bond donors (Lipinski definition) is 0. The Morgan fingerprint density at radius 3 is 2.41 bits per heavy atom. The Labute approximate surface area is 100 Å². The third-order valence-electron chi connectivity index (χ3n) is 3.59. The van der Waals surface area contributed by atoms with Gasteiger partial charge in [-0.3, -0.25) is 10.1 Å². The first-order chi connectivity index (χ1) is 8.15. The fourth-order valence-corrected chi connectivity index (χ4v) is 2.19. The van der Waals surface area contributed by atoms with Crippen LogP contribution < -0.4 is 0 Å². The molecule has 0 amide bonds. The Morgan fingerprint density at radius 2 is 2.00 bits per heavy atom. The third kappa shape index (κ3) is 2.44. The molecule has 1 aliphatic carbocycles. The molecule has 0 N–H and O–H groups in total. The van der Waals surface area contributed by atoms with Crippen LogP contribution in [0.25, 0.3) is 0 Å². The van der Waals surface area contributed by atoms with Crippen LogP contribution in [0.4, 0.5) is 5.69 Å². The van der Waals surface area contributed by atoms with E-state index in [1.807, 2.05) is 0 Å². The summed E-state index contributed by atoms with van der Waals surface area (Å²) in [5, 5.41) is 19.6. The van der Waals surface area contributed by atoms with Crippen LogP contribution >= 0.6 is 0 Å². The van der Waals surface area contributed by atoms with Crippen LogP contribution in [0.3, 0.4) is 0 Å². The minimum atomic E-state index is -0.396. The van der Waals surface area contributed by atoms with Gasteiger partial charge in [-0.1, -0.05) is 18.6 Å². The summed E-state index contributed by atoms with van der Waals surface area (Å²) in [5.74, 6) is 0. The topological polar surface area (TPSA) is 66.9 Å². The van der Waals surface area contributed by atoms with Crippen LogP contribution in [-0.2, 0) is 6.42 Å².